The summed E-state index contributed by atoms with van der Waals surface area (Å²) in [4.78, 5) is 37.5. The van der Waals surface area contributed by atoms with Gasteiger partial charge in [0.2, 0.25) is 5.91 Å². The predicted molar refractivity (Wildman–Crippen MR) is 100 cm³/mol. The minimum atomic E-state index is -0.463. The Morgan fingerprint density at radius 2 is 2.19 bits per heavy atom. The number of benzene rings is 1. The fourth-order valence-corrected chi connectivity index (χ4v) is 3.92. The van der Waals surface area contributed by atoms with Gasteiger partial charge in [-0.05, 0) is 63.7 Å². The van der Waals surface area contributed by atoms with E-state index in [4.69, 9.17) is 0 Å². The molecule has 0 spiro atoms. The Morgan fingerprint density at radius 1 is 1.37 bits per heavy atom. The van der Waals surface area contributed by atoms with Gasteiger partial charge in [-0.2, -0.15) is 0 Å². The summed E-state index contributed by atoms with van der Waals surface area (Å²) in [7, 11) is 0. The molecule has 8 nitrogen and oxygen atoms in total. The Labute approximate surface area is 158 Å². The molecule has 8 heteroatoms. The summed E-state index contributed by atoms with van der Waals surface area (Å²) in [5.41, 5.74) is 0.815. The molecule has 2 atom stereocenters. The largest absolute Gasteiger partial charge is 0.354 e. The predicted octanol–water partition coefficient (Wildman–Crippen LogP) is 1.62. The van der Waals surface area contributed by atoms with Crippen molar-refractivity contribution in [2.45, 2.75) is 38.6 Å². The molecule has 0 bridgehead atoms. The number of nitro groups is 1. The number of likely N-dealkylation sites (tertiary alicyclic amines) is 1. The lowest BCUT2D eigenvalue weighted by Gasteiger charge is -2.24. The zero-order chi connectivity index (χ0) is 19.4. The van der Waals surface area contributed by atoms with Gasteiger partial charge in [0.15, 0.2) is 0 Å². The summed E-state index contributed by atoms with van der Waals surface area (Å²) in [6.45, 7) is 4.81. The van der Waals surface area contributed by atoms with Crippen molar-refractivity contribution in [2.75, 3.05) is 26.2 Å². The van der Waals surface area contributed by atoms with Gasteiger partial charge in [0.25, 0.3) is 11.6 Å². The molecule has 2 unspecified atom stereocenters. The highest BCUT2D eigenvalue weighted by Crippen LogP contribution is 2.24. The third kappa shape index (κ3) is 4.44. The molecule has 2 aliphatic rings. The van der Waals surface area contributed by atoms with Crippen molar-refractivity contribution in [2.24, 2.45) is 5.92 Å². The minimum Gasteiger partial charge on any atom is -0.354 e. The number of carbonyl (C=O) groups is 2. The number of amides is 2. The highest BCUT2D eigenvalue weighted by molar-refractivity contribution is 5.98. The van der Waals surface area contributed by atoms with Gasteiger partial charge in [0.05, 0.1) is 4.92 Å². The van der Waals surface area contributed by atoms with Gasteiger partial charge in [-0.1, -0.05) is 0 Å². The van der Waals surface area contributed by atoms with Crippen molar-refractivity contribution in [1.29, 1.82) is 0 Å². The van der Waals surface area contributed by atoms with Crippen molar-refractivity contribution in [1.82, 2.24) is 15.5 Å². The monoisotopic (exact) mass is 374 g/mol. The zero-order valence-electron chi connectivity index (χ0n) is 15.6. The Hall–Kier alpha value is -2.48. The number of nitro benzene ring substituents is 1. The lowest BCUT2D eigenvalue weighted by Crippen LogP contribution is -2.46. The van der Waals surface area contributed by atoms with E-state index in [1.807, 2.05) is 0 Å². The van der Waals surface area contributed by atoms with Crippen molar-refractivity contribution < 1.29 is 14.5 Å². The van der Waals surface area contributed by atoms with Crippen LogP contribution in [0, 0.1) is 23.0 Å². The molecule has 2 fully saturated rings. The van der Waals surface area contributed by atoms with Gasteiger partial charge in [-0.15, -0.1) is 0 Å². The van der Waals surface area contributed by atoms with Gasteiger partial charge >= 0.3 is 0 Å². The van der Waals surface area contributed by atoms with Gasteiger partial charge in [-0.3, -0.25) is 19.7 Å². The average molecular weight is 374 g/mol. The van der Waals surface area contributed by atoms with Crippen LogP contribution in [-0.4, -0.2) is 53.9 Å². The lowest BCUT2D eigenvalue weighted by molar-refractivity contribution is -0.385. The molecule has 0 aromatic heterocycles. The van der Waals surface area contributed by atoms with Crippen LogP contribution >= 0.6 is 0 Å². The first-order chi connectivity index (χ1) is 13.0. The Bertz CT molecular complexity index is 730. The molecule has 2 heterocycles. The van der Waals surface area contributed by atoms with Crippen molar-refractivity contribution in [3.8, 4) is 0 Å². The molecule has 0 radical (unpaired) electrons. The molecular weight excluding hydrogens is 348 g/mol. The molecule has 27 heavy (non-hydrogen) atoms. The van der Waals surface area contributed by atoms with E-state index in [-0.39, 0.29) is 17.5 Å². The summed E-state index contributed by atoms with van der Waals surface area (Å²) in [5, 5.41) is 17.2. The van der Waals surface area contributed by atoms with Crippen LogP contribution in [0.1, 0.15) is 41.6 Å². The van der Waals surface area contributed by atoms with Crippen LogP contribution in [0.4, 0.5) is 5.69 Å². The maximum absolute atomic E-state index is 12.8. The molecule has 0 saturated carbocycles. The molecule has 0 aliphatic carbocycles. The van der Waals surface area contributed by atoms with Crippen LogP contribution in [0.2, 0.25) is 0 Å². The highest BCUT2D eigenvalue weighted by atomic mass is 16.6. The minimum absolute atomic E-state index is 0.0105. The quantitative estimate of drug-likeness (QED) is 0.582. The van der Waals surface area contributed by atoms with Crippen LogP contribution in [0.15, 0.2) is 18.2 Å². The van der Waals surface area contributed by atoms with Gasteiger partial charge < -0.3 is 15.5 Å². The van der Waals surface area contributed by atoms with E-state index >= 15 is 0 Å². The summed E-state index contributed by atoms with van der Waals surface area (Å²) in [5.74, 6) is 0.255. The number of aryl methyl sites for hydroxylation is 1. The first kappa shape index (κ1) is 19.3. The second-order valence-corrected chi connectivity index (χ2v) is 7.35. The van der Waals surface area contributed by atoms with Crippen LogP contribution in [0.3, 0.4) is 0 Å². The molecule has 3 rings (SSSR count). The first-order valence-corrected chi connectivity index (χ1v) is 9.52. The third-order valence-electron chi connectivity index (χ3n) is 5.47. The third-order valence-corrected chi connectivity index (χ3v) is 5.47. The zero-order valence-corrected chi connectivity index (χ0v) is 15.6. The number of rotatable bonds is 6. The summed E-state index contributed by atoms with van der Waals surface area (Å²) in [6.07, 6.45) is 3.52. The molecule has 146 valence electrons. The molecular formula is C19H26N4O4. The van der Waals surface area contributed by atoms with E-state index in [1.165, 1.54) is 18.2 Å². The molecule has 2 aliphatic heterocycles. The van der Waals surface area contributed by atoms with E-state index in [2.05, 4.69) is 10.6 Å². The van der Waals surface area contributed by atoms with Gasteiger partial charge in [-0.25, -0.2) is 0 Å². The van der Waals surface area contributed by atoms with E-state index in [0.29, 0.717) is 36.6 Å². The number of hydrogen-bond acceptors (Lipinski definition) is 5. The fourth-order valence-electron chi connectivity index (χ4n) is 3.92. The van der Waals surface area contributed by atoms with Gasteiger partial charge in [0.1, 0.15) is 6.04 Å². The number of nitrogens with one attached hydrogen (secondary N) is 2. The summed E-state index contributed by atoms with van der Waals surface area (Å²) >= 11 is 0. The van der Waals surface area contributed by atoms with E-state index in [0.717, 1.165) is 32.4 Å². The molecule has 1 aromatic rings. The molecule has 2 amide bonds. The van der Waals surface area contributed by atoms with Crippen LogP contribution in [-0.2, 0) is 4.79 Å². The van der Waals surface area contributed by atoms with Crippen molar-refractivity contribution in [3.05, 3.63) is 39.4 Å². The Balaban J connectivity index is 1.61. The number of carbonyl (C=O) groups excluding carboxylic acids is 2. The second-order valence-electron chi connectivity index (χ2n) is 7.35. The Kier molecular flexibility index (Phi) is 6.05. The van der Waals surface area contributed by atoms with Crippen LogP contribution in [0.25, 0.3) is 0 Å². The standard InChI is InChI=1S/C19H26N4O4/c1-13-11-15(4-5-16(13)23(26)27)19(25)22-10-2-3-17(22)18(24)21-9-7-14-6-8-20-12-14/h4-5,11,14,17,20H,2-3,6-10,12H2,1H3,(H,21,24). The number of nitrogens with zero attached hydrogens (tertiary/aromatic N) is 2. The summed E-state index contributed by atoms with van der Waals surface area (Å²) in [6, 6.07) is 3.88. The first-order valence-electron chi connectivity index (χ1n) is 9.52. The van der Waals surface area contributed by atoms with Crippen molar-refractivity contribution in [3.63, 3.8) is 0 Å². The normalized spacial score (nSPS) is 22.0. The maximum atomic E-state index is 12.8. The highest BCUT2D eigenvalue weighted by Gasteiger charge is 2.34. The second kappa shape index (κ2) is 8.47. The molecule has 2 N–H and O–H groups in total. The Morgan fingerprint density at radius 3 is 2.85 bits per heavy atom. The number of hydrogen-bond donors (Lipinski definition) is 2. The maximum Gasteiger partial charge on any atom is 0.272 e. The smallest absolute Gasteiger partial charge is 0.272 e. The average Bonchev–Trinajstić information content (AvgIpc) is 3.32. The molecule has 1 aromatic carbocycles. The fraction of sp³-hybridized carbons (Fsp3) is 0.579. The lowest BCUT2D eigenvalue weighted by atomic mass is 10.1. The van der Waals surface area contributed by atoms with E-state index in [9.17, 15) is 19.7 Å². The summed E-state index contributed by atoms with van der Waals surface area (Å²) < 4.78 is 0. The van der Waals surface area contributed by atoms with Crippen LogP contribution < -0.4 is 10.6 Å². The SMILES string of the molecule is Cc1cc(C(=O)N2CCCC2C(=O)NCCC2CCNC2)ccc1[N+](=O)[O-]. The van der Waals surface area contributed by atoms with Gasteiger partial charge in [0, 0.05) is 30.3 Å². The van der Waals surface area contributed by atoms with E-state index in [1.54, 1.807) is 11.8 Å². The van der Waals surface area contributed by atoms with Crippen LogP contribution in [0.5, 0.6) is 0 Å². The van der Waals surface area contributed by atoms with E-state index < -0.39 is 11.0 Å². The topological polar surface area (TPSA) is 105 Å². The molecule has 2 saturated heterocycles. The van der Waals surface area contributed by atoms with Crippen molar-refractivity contribution >= 4 is 17.5 Å².